The second-order valence-corrected chi connectivity index (χ2v) is 6.77. The number of ether oxygens (including phenoxy) is 1. The maximum absolute atomic E-state index is 5.65. The molecule has 0 atom stereocenters. The Balaban J connectivity index is 1.31. The van der Waals surface area contributed by atoms with E-state index in [1.807, 2.05) is 7.05 Å². The second-order valence-electron chi connectivity index (χ2n) is 6.77. The van der Waals surface area contributed by atoms with E-state index in [0.29, 0.717) is 0 Å². The summed E-state index contributed by atoms with van der Waals surface area (Å²) in [5, 5.41) is 6.71. The number of hydrogen-bond donors (Lipinski definition) is 2. The van der Waals surface area contributed by atoms with Crippen LogP contribution in [0.1, 0.15) is 24.8 Å². The molecule has 5 heteroatoms. The van der Waals surface area contributed by atoms with E-state index in [2.05, 4.69) is 56.9 Å². The largest absolute Gasteiger partial charge is 0.381 e. The van der Waals surface area contributed by atoms with Gasteiger partial charge in [-0.15, -0.1) is 0 Å². The minimum absolute atomic E-state index is 0.774. The molecule has 2 aliphatic rings. The normalized spacial score (nSPS) is 17.2. The van der Waals surface area contributed by atoms with Gasteiger partial charge in [-0.1, -0.05) is 24.3 Å². The molecule has 0 spiro atoms. The van der Waals surface area contributed by atoms with Crippen LogP contribution >= 0.6 is 0 Å². The molecule has 0 bridgehead atoms. The van der Waals surface area contributed by atoms with E-state index in [-0.39, 0.29) is 0 Å². The number of guanidine groups is 1. The number of aliphatic imine (C=N–C) groups is 1. The number of anilines is 1. The summed E-state index contributed by atoms with van der Waals surface area (Å²) in [5.74, 6) is 1.69. The van der Waals surface area contributed by atoms with E-state index in [0.717, 1.165) is 57.7 Å². The molecule has 2 N–H and O–H groups in total. The first-order valence-corrected chi connectivity index (χ1v) is 9.36. The molecular weight excluding hydrogens is 312 g/mol. The van der Waals surface area contributed by atoms with Crippen molar-refractivity contribution in [2.24, 2.45) is 10.9 Å². The van der Waals surface area contributed by atoms with Crippen molar-refractivity contribution in [1.29, 1.82) is 0 Å². The number of hydrogen-bond acceptors (Lipinski definition) is 3. The fraction of sp³-hybridized carbons (Fsp3) is 0.550. The first-order chi connectivity index (χ1) is 12.3. The van der Waals surface area contributed by atoms with Crippen molar-refractivity contribution in [3.63, 3.8) is 0 Å². The predicted octanol–water partition coefficient (Wildman–Crippen LogP) is 2.54. The summed E-state index contributed by atoms with van der Waals surface area (Å²) < 4.78 is 5.65. The molecule has 1 fully saturated rings. The van der Waals surface area contributed by atoms with Crippen molar-refractivity contribution in [1.82, 2.24) is 10.6 Å². The van der Waals surface area contributed by atoms with E-state index >= 15 is 0 Å². The van der Waals surface area contributed by atoms with Crippen molar-refractivity contribution in [3.05, 3.63) is 42.0 Å². The first-order valence-electron chi connectivity index (χ1n) is 9.36. The molecule has 1 aromatic carbocycles. The van der Waals surface area contributed by atoms with Crippen LogP contribution in [0, 0.1) is 5.92 Å². The SMILES string of the molecule is CN=C(NCCCOCC1CC1)NCc1ccc(N2CC=CC2)cc1. The van der Waals surface area contributed by atoms with Gasteiger partial charge in [0, 0.05) is 52.1 Å². The lowest BCUT2D eigenvalue weighted by atomic mass is 10.2. The van der Waals surface area contributed by atoms with Gasteiger partial charge in [-0.3, -0.25) is 4.99 Å². The smallest absolute Gasteiger partial charge is 0.191 e. The summed E-state index contributed by atoms with van der Waals surface area (Å²) in [4.78, 5) is 6.63. The Morgan fingerprint density at radius 1 is 1.16 bits per heavy atom. The van der Waals surface area contributed by atoms with Crippen molar-refractivity contribution in [2.75, 3.05) is 44.8 Å². The van der Waals surface area contributed by atoms with E-state index in [4.69, 9.17) is 4.74 Å². The molecule has 0 radical (unpaired) electrons. The number of nitrogens with zero attached hydrogens (tertiary/aromatic N) is 2. The maximum atomic E-state index is 5.65. The Bertz CT molecular complexity index is 570. The Hall–Kier alpha value is -2.01. The third kappa shape index (κ3) is 6.09. The maximum Gasteiger partial charge on any atom is 0.191 e. The van der Waals surface area contributed by atoms with Gasteiger partial charge in [-0.05, 0) is 42.9 Å². The second kappa shape index (κ2) is 9.47. The van der Waals surface area contributed by atoms with Gasteiger partial charge in [0.1, 0.15) is 0 Å². The Morgan fingerprint density at radius 2 is 1.92 bits per heavy atom. The molecule has 0 unspecified atom stereocenters. The molecule has 0 amide bonds. The molecular formula is C20H30N4O. The van der Waals surface area contributed by atoms with E-state index in [1.54, 1.807) is 0 Å². The van der Waals surface area contributed by atoms with Gasteiger partial charge in [-0.25, -0.2) is 0 Å². The van der Waals surface area contributed by atoms with Crippen LogP contribution in [0.25, 0.3) is 0 Å². The average Bonchev–Trinajstić information content (AvgIpc) is 3.31. The molecule has 0 saturated heterocycles. The van der Waals surface area contributed by atoms with Gasteiger partial charge in [0.25, 0.3) is 0 Å². The minimum atomic E-state index is 0.774. The van der Waals surface area contributed by atoms with Crippen LogP contribution in [-0.2, 0) is 11.3 Å². The van der Waals surface area contributed by atoms with Crippen LogP contribution < -0.4 is 15.5 Å². The monoisotopic (exact) mass is 342 g/mol. The summed E-state index contributed by atoms with van der Waals surface area (Å²) in [7, 11) is 1.81. The lowest BCUT2D eigenvalue weighted by Gasteiger charge is -2.18. The highest BCUT2D eigenvalue weighted by molar-refractivity contribution is 5.79. The fourth-order valence-corrected chi connectivity index (χ4v) is 2.84. The zero-order valence-electron chi connectivity index (χ0n) is 15.2. The van der Waals surface area contributed by atoms with E-state index < -0.39 is 0 Å². The molecule has 1 heterocycles. The van der Waals surface area contributed by atoms with Gasteiger partial charge in [-0.2, -0.15) is 0 Å². The molecule has 1 aliphatic heterocycles. The summed E-state index contributed by atoms with van der Waals surface area (Å²) in [6.07, 6.45) is 8.13. The standard InChI is InChI=1S/C20H30N4O/c1-21-20(22-11-4-14-25-16-18-5-6-18)23-15-17-7-9-19(10-8-17)24-12-2-3-13-24/h2-3,7-10,18H,4-6,11-16H2,1H3,(H2,21,22,23). The lowest BCUT2D eigenvalue weighted by Crippen LogP contribution is -2.37. The molecule has 1 saturated carbocycles. The van der Waals surface area contributed by atoms with E-state index in [1.165, 1.54) is 24.1 Å². The van der Waals surface area contributed by atoms with Gasteiger partial charge in [0.05, 0.1) is 0 Å². The van der Waals surface area contributed by atoms with Crippen LogP contribution in [0.5, 0.6) is 0 Å². The summed E-state index contributed by atoms with van der Waals surface area (Å²) in [6.45, 7) is 5.45. The van der Waals surface area contributed by atoms with Crippen LogP contribution in [0.4, 0.5) is 5.69 Å². The van der Waals surface area contributed by atoms with Gasteiger partial charge < -0.3 is 20.3 Å². The van der Waals surface area contributed by atoms with Crippen molar-refractivity contribution >= 4 is 11.6 Å². The number of rotatable bonds is 9. The van der Waals surface area contributed by atoms with Crippen LogP contribution in [0.15, 0.2) is 41.4 Å². The third-order valence-electron chi connectivity index (χ3n) is 4.61. The van der Waals surface area contributed by atoms with Crippen LogP contribution in [0.2, 0.25) is 0 Å². The summed E-state index contributed by atoms with van der Waals surface area (Å²) >= 11 is 0. The number of benzene rings is 1. The third-order valence-corrected chi connectivity index (χ3v) is 4.61. The lowest BCUT2D eigenvalue weighted by molar-refractivity contribution is 0.123. The van der Waals surface area contributed by atoms with Gasteiger partial charge in [0.2, 0.25) is 0 Å². The quantitative estimate of drug-likeness (QED) is 0.313. The molecule has 25 heavy (non-hydrogen) atoms. The molecule has 5 nitrogen and oxygen atoms in total. The van der Waals surface area contributed by atoms with Crippen molar-refractivity contribution < 1.29 is 4.74 Å². The molecule has 0 aromatic heterocycles. The zero-order chi connectivity index (χ0) is 17.3. The topological polar surface area (TPSA) is 48.9 Å². The van der Waals surface area contributed by atoms with Crippen LogP contribution in [-0.4, -0.2) is 45.9 Å². The highest BCUT2D eigenvalue weighted by Gasteiger charge is 2.20. The summed E-state index contributed by atoms with van der Waals surface area (Å²) in [6, 6.07) is 8.74. The van der Waals surface area contributed by atoms with Crippen LogP contribution in [0.3, 0.4) is 0 Å². The molecule has 1 aromatic rings. The Morgan fingerprint density at radius 3 is 2.60 bits per heavy atom. The molecule has 1 aliphatic carbocycles. The number of nitrogens with one attached hydrogen (secondary N) is 2. The van der Waals surface area contributed by atoms with Crippen molar-refractivity contribution in [2.45, 2.75) is 25.8 Å². The Kier molecular flexibility index (Phi) is 6.74. The summed E-state index contributed by atoms with van der Waals surface area (Å²) in [5.41, 5.74) is 2.54. The highest BCUT2D eigenvalue weighted by Crippen LogP contribution is 2.28. The van der Waals surface area contributed by atoms with E-state index in [9.17, 15) is 0 Å². The molecule has 3 rings (SSSR count). The first kappa shape index (κ1) is 17.8. The van der Waals surface area contributed by atoms with Gasteiger partial charge >= 0.3 is 0 Å². The minimum Gasteiger partial charge on any atom is -0.381 e. The zero-order valence-corrected chi connectivity index (χ0v) is 15.2. The average molecular weight is 342 g/mol. The van der Waals surface area contributed by atoms with Crippen molar-refractivity contribution in [3.8, 4) is 0 Å². The molecule has 136 valence electrons. The fourth-order valence-electron chi connectivity index (χ4n) is 2.84. The Labute approximate surface area is 151 Å². The predicted molar refractivity (Wildman–Crippen MR) is 104 cm³/mol. The van der Waals surface area contributed by atoms with Gasteiger partial charge in [0.15, 0.2) is 5.96 Å². The highest BCUT2D eigenvalue weighted by atomic mass is 16.5.